The first-order valence-electron chi connectivity index (χ1n) is 4.48. The second-order valence-electron chi connectivity index (χ2n) is 2.65. The number of carbonyl (C=O) groups is 1. The maximum absolute atomic E-state index is 10.8. The van der Waals surface area contributed by atoms with Crippen molar-refractivity contribution in [2.75, 3.05) is 6.61 Å². The van der Waals surface area contributed by atoms with Gasteiger partial charge in [0, 0.05) is 5.56 Å². The second-order valence-corrected chi connectivity index (χ2v) is 2.65. The Balaban J connectivity index is 2.52. The predicted molar refractivity (Wildman–Crippen MR) is 55.9 cm³/mol. The summed E-state index contributed by atoms with van der Waals surface area (Å²) >= 11 is 0. The molecule has 0 unspecified atom stereocenters. The summed E-state index contributed by atoms with van der Waals surface area (Å²) in [5, 5.41) is 13.0. The molecule has 0 radical (unpaired) electrons. The van der Waals surface area contributed by atoms with Gasteiger partial charge in [0.25, 0.3) is 0 Å². The molecule has 0 aliphatic rings. The number of aromatic hydroxyl groups is 1. The van der Waals surface area contributed by atoms with Crippen LogP contribution in [0.25, 0.3) is 0 Å². The standard InChI is InChI=1S/C10H12N2O3/c1-2-15-10(14)12-11-7-8-5-3-4-6-9(8)13/h3-7,13H,2H2,1H3,(H,12,14). The van der Waals surface area contributed by atoms with E-state index in [1.165, 1.54) is 12.3 Å². The van der Waals surface area contributed by atoms with Crippen LogP contribution in [0, 0.1) is 0 Å². The van der Waals surface area contributed by atoms with Crippen LogP contribution in [0.5, 0.6) is 5.75 Å². The number of amides is 1. The Morgan fingerprint density at radius 3 is 3.00 bits per heavy atom. The zero-order valence-electron chi connectivity index (χ0n) is 8.30. The maximum atomic E-state index is 10.8. The van der Waals surface area contributed by atoms with Crippen LogP contribution in [0.1, 0.15) is 12.5 Å². The molecule has 0 heterocycles. The summed E-state index contributed by atoms with van der Waals surface area (Å²) < 4.78 is 4.58. The van der Waals surface area contributed by atoms with Gasteiger partial charge in [-0.15, -0.1) is 0 Å². The van der Waals surface area contributed by atoms with E-state index in [2.05, 4.69) is 15.3 Å². The van der Waals surface area contributed by atoms with E-state index in [-0.39, 0.29) is 12.4 Å². The molecule has 1 aromatic carbocycles. The lowest BCUT2D eigenvalue weighted by Crippen LogP contribution is -2.18. The second kappa shape index (κ2) is 5.64. The molecule has 5 heteroatoms. The van der Waals surface area contributed by atoms with Crippen LogP contribution in [-0.2, 0) is 4.74 Å². The zero-order chi connectivity index (χ0) is 11.1. The molecular formula is C10H12N2O3. The van der Waals surface area contributed by atoms with E-state index in [0.29, 0.717) is 5.56 Å². The van der Waals surface area contributed by atoms with E-state index in [0.717, 1.165) is 0 Å². The summed E-state index contributed by atoms with van der Waals surface area (Å²) in [6.07, 6.45) is 0.718. The van der Waals surface area contributed by atoms with Gasteiger partial charge in [-0.3, -0.25) is 0 Å². The molecule has 0 aliphatic carbocycles. The maximum Gasteiger partial charge on any atom is 0.427 e. The summed E-state index contributed by atoms with van der Waals surface area (Å²) in [5.41, 5.74) is 2.68. The van der Waals surface area contributed by atoms with Crippen molar-refractivity contribution in [3.63, 3.8) is 0 Å². The fraction of sp³-hybridized carbons (Fsp3) is 0.200. The van der Waals surface area contributed by atoms with Gasteiger partial charge in [0.05, 0.1) is 12.8 Å². The number of rotatable bonds is 3. The largest absolute Gasteiger partial charge is 0.507 e. The van der Waals surface area contributed by atoms with Gasteiger partial charge in [0.1, 0.15) is 5.75 Å². The molecule has 2 N–H and O–H groups in total. The Bertz CT molecular complexity index is 363. The summed E-state index contributed by atoms with van der Waals surface area (Å²) in [7, 11) is 0. The number of hydrazone groups is 1. The van der Waals surface area contributed by atoms with E-state index in [1.807, 2.05) is 0 Å². The van der Waals surface area contributed by atoms with E-state index < -0.39 is 6.09 Å². The Hall–Kier alpha value is -2.04. The quantitative estimate of drug-likeness (QED) is 0.583. The van der Waals surface area contributed by atoms with Gasteiger partial charge < -0.3 is 9.84 Å². The van der Waals surface area contributed by atoms with Crippen LogP contribution >= 0.6 is 0 Å². The van der Waals surface area contributed by atoms with Crippen LogP contribution < -0.4 is 5.43 Å². The van der Waals surface area contributed by atoms with Crippen LogP contribution in [0.3, 0.4) is 0 Å². The first kappa shape index (κ1) is 11.0. The summed E-state index contributed by atoms with van der Waals surface area (Å²) in [5.74, 6) is 0.104. The van der Waals surface area contributed by atoms with Gasteiger partial charge in [-0.25, -0.2) is 10.2 Å². The SMILES string of the molecule is CCOC(=O)NN=Cc1ccccc1O. The molecule has 1 aromatic rings. The van der Waals surface area contributed by atoms with Gasteiger partial charge in [-0.2, -0.15) is 5.10 Å². The van der Waals surface area contributed by atoms with Crippen LogP contribution in [-0.4, -0.2) is 24.0 Å². The third-order valence-corrected chi connectivity index (χ3v) is 1.57. The Morgan fingerprint density at radius 1 is 1.60 bits per heavy atom. The highest BCUT2D eigenvalue weighted by Crippen LogP contribution is 2.12. The lowest BCUT2D eigenvalue weighted by atomic mass is 10.2. The first-order valence-corrected chi connectivity index (χ1v) is 4.48. The van der Waals surface area contributed by atoms with Crippen molar-refractivity contribution < 1.29 is 14.6 Å². The van der Waals surface area contributed by atoms with Crippen LogP contribution in [0.15, 0.2) is 29.4 Å². The molecule has 5 nitrogen and oxygen atoms in total. The summed E-state index contributed by atoms with van der Waals surface area (Å²) in [4.78, 5) is 10.8. The summed E-state index contributed by atoms with van der Waals surface area (Å²) in [6.45, 7) is 1.99. The molecule has 15 heavy (non-hydrogen) atoms. The van der Waals surface area contributed by atoms with Crippen molar-refractivity contribution in [3.8, 4) is 5.75 Å². The average molecular weight is 208 g/mol. The highest BCUT2D eigenvalue weighted by Gasteiger charge is 1.97. The first-order chi connectivity index (χ1) is 7.24. The Kier molecular flexibility index (Phi) is 4.15. The highest BCUT2D eigenvalue weighted by atomic mass is 16.5. The fourth-order valence-corrected chi connectivity index (χ4v) is 0.915. The number of phenols is 1. The smallest absolute Gasteiger partial charge is 0.427 e. The van der Waals surface area contributed by atoms with Gasteiger partial charge in [0.15, 0.2) is 0 Å². The minimum Gasteiger partial charge on any atom is -0.507 e. The molecular weight excluding hydrogens is 196 g/mol. The number of benzene rings is 1. The number of nitrogens with zero attached hydrogens (tertiary/aromatic N) is 1. The number of hydrogen-bond donors (Lipinski definition) is 2. The van der Waals surface area contributed by atoms with Gasteiger partial charge in [-0.1, -0.05) is 12.1 Å². The van der Waals surface area contributed by atoms with Crippen LogP contribution in [0.4, 0.5) is 4.79 Å². The molecule has 0 saturated heterocycles. The molecule has 80 valence electrons. The number of carbonyl (C=O) groups excluding carboxylic acids is 1. The van der Waals surface area contributed by atoms with E-state index >= 15 is 0 Å². The third-order valence-electron chi connectivity index (χ3n) is 1.57. The topological polar surface area (TPSA) is 70.9 Å². The molecule has 0 aromatic heterocycles. The van der Waals surface area contributed by atoms with E-state index in [4.69, 9.17) is 0 Å². The minimum absolute atomic E-state index is 0.104. The van der Waals surface area contributed by atoms with Crippen molar-refractivity contribution in [1.29, 1.82) is 0 Å². The average Bonchev–Trinajstić information content (AvgIpc) is 2.21. The van der Waals surface area contributed by atoms with Crippen LogP contribution in [0.2, 0.25) is 0 Å². The van der Waals surface area contributed by atoms with Gasteiger partial charge in [-0.05, 0) is 19.1 Å². The normalized spacial score (nSPS) is 10.2. The van der Waals surface area contributed by atoms with Crippen molar-refractivity contribution >= 4 is 12.3 Å². The van der Waals surface area contributed by atoms with Gasteiger partial charge >= 0.3 is 6.09 Å². The number of para-hydroxylation sites is 1. The Labute approximate surface area is 87.4 Å². The molecule has 0 spiro atoms. The van der Waals surface area contributed by atoms with Crippen molar-refractivity contribution in [3.05, 3.63) is 29.8 Å². The zero-order valence-corrected chi connectivity index (χ0v) is 8.30. The molecule has 1 amide bonds. The monoisotopic (exact) mass is 208 g/mol. The molecule has 0 atom stereocenters. The highest BCUT2D eigenvalue weighted by molar-refractivity contribution is 5.84. The van der Waals surface area contributed by atoms with Crippen molar-refractivity contribution in [2.24, 2.45) is 5.10 Å². The van der Waals surface area contributed by atoms with E-state index in [9.17, 15) is 9.90 Å². The van der Waals surface area contributed by atoms with E-state index in [1.54, 1.807) is 25.1 Å². The third kappa shape index (κ3) is 3.68. The number of ether oxygens (including phenoxy) is 1. The van der Waals surface area contributed by atoms with Gasteiger partial charge in [0.2, 0.25) is 0 Å². The molecule has 0 aliphatic heterocycles. The van der Waals surface area contributed by atoms with Crippen molar-refractivity contribution in [2.45, 2.75) is 6.92 Å². The number of nitrogens with one attached hydrogen (secondary N) is 1. The summed E-state index contributed by atoms with van der Waals surface area (Å²) in [6, 6.07) is 6.66. The predicted octanol–water partition coefficient (Wildman–Crippen LogP) is 1.47. The number of phenolic OH excluding ortho intramolecular Hbond substituents is 1. The minimum atomic E-state index is -0.621. The molecule has 0 bridgehead atoms. The lowest BCUT2D eigenvalue weighted by molar-refractivity contribution is 0.152. The lowest BCUT2D eigenvalue weighted by Gasteiger charge is -1.99. The van der Waals surface area contributed by atoms with Crippen molar-refractivity contribution in [1.82, 2.24) is 5.43 Å². The number of hydrogen-bond acceptors (Lipinski definition) is 4. The fourth-order valence-electron chi connectivity index (χ4n) is 0.915. The molecule has 1 rings (SSSR count). The molecule has 0 saturated carbocycles. The molecule has 0 fully saturated rings. The Morgan fingerprint density at radius 2 is 2.33 bits per heavy atom.